The van der Waals surface area contributed by atoms with Crippen LogP contribution in [-0.2, 0) is 9.84 Å². The lowest BCUT2D eigenvalue weighted by molar-refractivity contribution is 0.100. The SMILES string of the molecule is Cc1cc(OC2CCCC2)c(S(C)(=O)=O)cc1C(=O)N=C(N)N. The topological polar surface area (TPSA) is 125 Å². The minimum Gasteiger partial charge on any atom is -0.489 e. The van der Waals surface area contributed by atoms with Crippen LogP contribution in [0.2, 0.25) is 0 Å². The Morgan fingerprint density at radius 1 is 1.26 bits per heavy atom. The summed E-state index contributed by atoms with van der Waals surface area (Å²) in [4.78, 5) is 15.5. The van der Waals surface area contributed by atoms with E-state index in [1.54, 1.807) is 13.0 Å². The zero-order valence-corrected chi connectivity index (χ0v) is 14.0. The van der Waals surface area contributed by atoms with Gasteiger partial charge in [-0.1, -0.05) is 0 Å². The fraction of sp³-hybridized carbons (Fsp3) is 0.467. The first-order chi connectivity index (χ1) is 10.7. The third-order valence-corrected chi connectivity index (χ3v) is 4.87. The van der Waals surface area contributed by atoms with Gasteiger partial charge in [-0.15, -0.1) is 0 Å². The van der Waals surface area contributed by atoms with E-state index in [1.165, 1.54) is 6.07 Å². The van der Waals surface area contributed by atoms with Crippen molar-refractivity contribution >= 4 is 21.7 Å². The maximum absolute atomic E-state index is 12.1. The van der Waals surface area contributed by atoms with Crippen molar-refractivity contribution in [3.05, 3.63) is 23.3 Å². The van der Waals surface area contributed by atoms with E-state index < -0.39 is 15.7 Å². The number of hydrogen-bond acceptors (Lipinski definition) is 4. The molecule has 4 N–H and O–H groups in total. The molecule has 7 nitrogen and oxygen atoms in total. The van der Waals surface area contributed by atoms with Crippen LogP contribution in [0.1, 0.15) is 41.6 Å². The summed E-state index contributed by atoms with van der Waals surface area (Å²) in [5, 5.41) is 0. The third kappa shape index (κ3) is 4.22. The Balaban J connectivity index is 2.49. The highest BCUT2D eigenvalue weighted by Gasteiger charge is 2.24. The molecule has 0 radical (unpaired) electrons. The Morgan fingerprint density at radius 3 is 2.39 bits per heavy atom. The van der Waals surface area contributed by atoms with Crippen LogP contribution in [0.15, 0.2) is 22.0 Å². The predicted octanol–water partition coefficient (Wildman–Crippen LogP) is 1.13. The molecular weight excluding hydrogens is 318 g/mol. The Labute approximate surface area is 135 Å². The lowest BCUT2D eigenvalue weighted by atomic mass is 10.1. The van der Waals surface area contributed by atoms with E-state index >= 15 is 0 Å². The molecule has 2 rings (SSSR count). The molecule has 0 bridgehead atoms. The zero-order chi connectivity index (χ0) is 17.2. The molecule has 23 heavy (non-hydrogen) atoms. The van der Waals surface area contributed by atoms with Gasteiger partial charge >= 0.3 is 0 Å². The number of aryl methyl sites for hydroxylation is 1. The number of amides is 1. The Bertz CT molecular complexity index is 746. The molecule has 0 aliphatic heterocycles. The van der Waals surface area contributed by atoms with Gasteiger partial charge in [-0.3, -0.25) is 4.79 Å². The number of carbonyl (C=O) groups excluding carboxylic acids is 1. The van der Waals surface area contributed by atoms with Crippen LogP contribution < -0.4 is 16.2 Å². The van der Waals surface area contributed by atoms with Gasteiger partial charge in [0.15, 0.2) is 15.8 Å². The third-order valence-electron chi connectivity index (χ3n) is 3.75. The minimum absolute atomic E-state index is 0.00848. The lowest BCUT2D eigenvalue weighted by Crippen LogP contribution is -2.24. The summed E-state index contributed by atoms with van der Waals surface area (Å²) >= 11 is 0. The van der Waals surface area contributed by atoms with E-state index in [0.29, 0.717) is 5.56 Å². The first kappa shape index (κ1) is 17.3. The van der Waals surface area contributed by atoms with Crippen molar-refractivity contribution in [1.29, 1.82) is 0 Å². The summed E-state index contributed by atoms with van der Waals surface area (Å²) in [6.07, 6.45) is 5.02. The molecule has 8 heteroatoms. The monoisotopic (exact) mass is 339 g/mol. The lowest BCUT2D eigenvalue weighted by Gasteiger charge is -2.17. The Morgan fingerprint density at radius 2 is 1.87 bits per heavy atom. The average Bonchev–Trinajstić information content (AvgIpc) is 2.89. The van der Waals surface area contributed by atoms with Gasteiger partial charge in [0.1, 0.15) is 10.6 Å². The van der Waals surface area contributed by atoms with E-state index in [-0.39, 0.29) is 28.3 Å². The summed E-state index contributed by atoms with van der Waals surface area (Å²) in [7, 11) is -3.56. The summed E-state index contributed by atoms with van der Waals surface area (Å²) in [6, 6.07) is 2.84. The van der Waals surface area contributed by atoms with Crippen molar-refractivity contribution in [2.45, 2.75) is 43.6 Å². The van der Waals surface area contributed by atoms with Gasteiger partial charge in [-0.25, -0.2) is 8.42 Å². The zero-order valence-electron chi connectivity index (χ0n) is 13.2. The molecule has 0 unspecified atom stereocenters. The molecule has 1 aliphatic rings. The second kappa shape index (κ2) is 6.57. The van der Waals surface area contributed by atoms with Crippen molar-refractivity contribution in [1.82, 2.24) is 0 Å². The van der Waals surface area contributed by atoms with E-state index in [9.17, 15) is 13.2 Å². The largest absolute Gasteiger partial charge is 0.489 e. The molecule has 126 valence electrons. The Hall–Kier alpha value is -2.09. The van der Waals surface area contributed by atoms with Crippen molar-refractivity contribution < 1.29 is 17.9 Å². The quantitative estimate of drug-likeness (QED) is 0.626. The number of sulfone groups is 1. The minimum atomic E-state index is -3.56. The number of carbonyl (C=O) groups is 1. The van der Waals surface area contributed by atoms with Crippen LogP contribution in [0.5, 0.6) is 5.75 Å². The highest BCUT2D eigenvalue weighted by molar-refractivity contribution is 7.90. The normalized spacial score (nSPS) is 15.4. The summed E-state index contributed by atoms with van der Waals surface area (Å²) in [5.41, 5.74) is 11.1. The molecule has 1 fully saturated rings. The molecule has 0 atom stereocenters. The van der Waals surface area contributed by atoms with Crippen molar-refractivity contribution in [3.63, 3.8) is 0 Å². The maximum Gasteiger partial charge on any atom is 0.280 e. The average molecular weight is 339 g/mol. The van der Waals surface area contributed by atoms with Gasteiger partial charge in [0.25, 0.3) is 5.91 Å². The van der Waals surface area contributed by atoms with E-state index in [2.05, 4.69) is 4.99 Å². The number of hydrogen-bond donors (Lipinski definition) is 2. The van der Waals surface area contributed by atoms with Gasteiger partial charge < -0.3 is 16.2 Å². The van der Waals surface area contributed by atoms with Gasteiger partial charge in [0.2, 0.25) is 0 Å². The van der Waals surface area contributed by atoms with Crippen LogP contribution in [0.4, 0.5) is 0 Å². The van der Waals surface area contributed by atoms with E-state index in [4.69, 9.17) is 16.2 Å². The number of nitrogens with two attached hydrogens (primary N) is 2. The number of aliphatic imine (C=N–C) groups is 1. The smallest absolute Gasteiger partial charge is 0.280 e. The maximum atomic E-state index is 12.1. The number of benzene rings is 1. The molecule has 1 aliphatic carbocycles. The molecular formula is C15H21N3O4S. The predicted molar refractivity (Wildman–Crippen MR) is 87.3 cm³/mol. The van der Waals surface area contributed by atoms with Gasteiger partial charge in [0.05, 0.1) is 6.10 Å². The van der Waals surface area contributed by atoms with Crippen LogP contribution in [0, 0.1) is 6.92 Å². The van der Waals surface area contributed by atoms with Crippen LogP contribution in [0.25, 0.3) is 0 Å². The molecule has 1 amide bonds. The molecule has 1 aromatic carbocycles. The van der Waals surface area contributed by atoms with Crippen molar-refractivity contribution in [2.24, 2.45) is 16.5 Å². The number of guanidine groups is 1. The highest BCUT2D eigenvalue weighted by Crippen LogP contribution is 2.32. The first-order valence-corrected chi connectivity index (χ1v) is 9.23. The van der Waals surface area contributed by atoms with Gasteiger partial charge in [-0.2, -0.15) is 4.99 Å². The second-order valence-electron chi connectivity index (χ2n) is 5.75. The summed E-state index contributed by atoms with van der Waals surface area (Å²) in [5.74, 6) is -0.778. The molecule has 1 aromatic rings. The van der Waals surface area contributed by atoms with E-state index in [1.807, 2.05) is 0 Å². The van der Waals surface area contributed by atoms with Crippen molar-refractivity contribution in [3.8, 4) is 5.75 Å². The van der Waals surface area contributed by atoms with Crippen LogP contribution >= 0.6 is 0 Å². The first-order valence-electron chi connectivity index (χ1n) is 7.34. The molecule has 0 heterocycles. The number of nitrogens with zero attached hydrogens (tertiary/aromatic N) is 1. The number of ether oxygens (including phenoxy) is 1. The van der Waals surface area contributed by atoms with Crippen LogP contribution in [0.3, 0.4) is 0 Å². The van der Waals surface area contributed by atoms with Gasteiger partial charge in [-0.05, 0) is 50.3 Å². The highest BCUT2D eigenvalue weighted by atomic mass is 32.2. The number of rotatable bonds is 4. The summed E-state index contributed by atoms with van der Waals surface area (Å²) < 4.78 is 30.0. The fourth-order valence-corrected chi connectivity index (χ4v) is 3.44. The molecule has 1 saturated carbocycles. The molecule has 0 aromatic heterocycles. The standard InChI is InChI=1S/C15H21N3O4S/c1-9-7-12(22-10-5-3-4-6-10)13(23(2,20)21)8-11(9)14(19)18-15(16)17/h7-8,10H,3-6H2,1-2H3,(H4,16,17,18,19). The Kier molecular flexibility index (Phi) is 4.93. The van der Waals surface area contributed by atoms with Crippen LogP contribution in [-0.4, -0.2) is 32.6 Å². The van der Waals surface area contributed by atoms with Gasteiger partial charge in [0, 0.05) is 11.8 Å². The summed E-state index contributed by atoms with van der Waals surface area (Å²) in [6.45, 7) is 1.68. The fourth-order valence-electron chi connectivity index (χ4n) is 2.64. The molecule has 0 saturated heterocycles. The van der Waals surface area contributed by atoms with E-state index in [0.717, 1.165) is 31.9 Å². The molecule has 0 spiro atoms. The van der Waals surface area contributed by atoms with Crippen molar-refractivity contribution in [2.75, 3.05) is 6.26 Å². The second-order valence-corrected chi connectivity index (χ2v) is 7.74.